The molecule has 1 aliphatic carbocycles. The summed E-state index contributed by atoms with van der Waals surface area (Å²) in [7, 11) is -2.56. The van der Waals surface area contributed by atoms with Gasteiger partial charge in [0.1, 0.15) is 11.2 Å². The fraction of sp³-hybridized carbons (Fsp3) is 0.0476. The first-order chi connectivity index (χ1) is 33.9. The molecule has 12 rings (SSSR count). The molecule has 1 aromatic heterocycles. The highest BCUT2D eigenvalue weighted by atomic mass is 31.1. The minimum Gasteiger partial charge on any atom is -0.456 e. The van der Waals surface area contributed by atoms with Crippen LogP contribution in [0.5, 0.6) is 0 Å². The number of fused-ring (bicyclic) bond motifs is 6. The van der Waals surface area contributed by atoms with Crippen molar-refractivity contribution in [3.63, 3.8) is 0 Å². The third kappa shape index (κ3) is 7.58. The second-order valence-corrected chi connectivity index (χ2v) is 19.8. The molecule has 0 bridgehead atoms. The van der Waals surface area contributed by atoms with E-state index < -0.39 is 7.95 Å². The molecule has 1 N–H and O–H groups in total. The highest BCUT2D eigenvalue weighted by Gasteiger charge is 2.36. The second kappa shape index (κ2) is 17.4. The number of rotatable bonds is 11. The molecule has 0 saturated carbocycles. The summed E-state index contributed by atoms with van der Waals surface area (Å²) in [5.74, 6) is 0. The van der Waals surface area contributed by atoms with Crippen molar-refractivity contribution in [2.24, 2.45) is 0 Å². The molecule has 0 spiro atoms. The lowest BCUT2D eigenvalue weighted by molar-refractivity contribution is 0.593. The lowest BCUT2D eigenvalue weighted by Crippen LogP contribution is -2.16. The van der Waals surface area contributed by atoms with Crippen molar-refractivity contribution in [2.45, 2.75) is 19.3 Å². The van der Waals surface area contributed by atoms with Crippen LogP contribution in [0, 0.1) is 0 Å². The number of nitrogens with zero attached hydrogens (tertiary/aromatic N) is 2. The summed E-state index contributed by atoms with van der Waals surface area (Å²) in [6.07, 6.45) is 0. The minimum absolute atomic E-state index is 0.145. The molecule has 332 valence electrons. The van der Waals surface area contributed by atoms with Crippen LogP contribution in [0.1, 0.15) is 25.0 Å². The van der Waals surface area contributed by atoms with E-state index in [4.69, 9.17) is 4.42 Å². The third-order valence-corrected chi connectivity index (χ3v) is 15.4. The Morgan fingerprint density at radius 3 is 1.74 bits per heavy atom. The second-order valence-electron chi connectivity index (χ2n) is 18.2. The van der Waals surface area contributed by atoms with E-state index in [1.54, 1.807) is 0 Å². The molecular formula is C63H48N3O2P. The van der Waals surface area contributed by atoms with E-state index in [2.05, 4.69) is 176 Å². The van der Waals surface area contributed by atoms with Gasteiger partial charge in [0.05, 0.1) is 22.4 Å². The average molecular weight is 910 g/mol. The van der Waals surface area contributed by atoms with Crippen LogP contribution in [0.4, 0.5) is 39.8 Å². The summed E-state index contributed by atoms with van der Waals surface area (Å²) in [5, 5.41) is 6.64. The van der Waals surface area contributed by atoms with E-state index in [9.17, 15) is 4.57 Å². The number of hydrogen-bond acceptors (Lipinski definition) is 4. The van der Waals surface area contributed by atoms with Gasteiger partial charge >= 0.3 is 0 Å². The van der Waals surface area contributed by atoms with E-state index >= 15 is 0 Å². The number of hydrogen-bond donors (Lipinski definition) is 1. The normalized spacial score (nSPS) is 12.9. The predicted octanol–water partition coefficient (Wildman–Crippen LogP) is 17.4. The molecule has 5 nitrogen and oxygen atoms in total. The fourth-order valence-electron chi connectivity index (χ4n) is 10.2. The van der Waals surface area contributed by atoms with Gasteiger partial charge in [0, 0.05) is 38.9 Å². The molecule has 0 amide bonds. The van der Waals surface area contributed by atoms with Crippen molar-refractivity contribution < 1.29 is 8.98 Å². The van der Waals surface area contributed by atoms with E-state index in [0.717, 1.165) is 78.2 Å². The smallest absolute Gasteiger partial charge is 0.193 e. The number of nitrogens with one attached hydrogen (secondary N) is 1. The molecule has 11 aromatic rings. The molecule has 1 atom stereocenters. The maximum atomic E-state index is 14.9. The van der Waals surface area contributed by atoms with Crippen molar-refractivity contribution in [1.29, 1.82) is 0 Å². The molecule has 69 heavy (non-hydrogen) atoms. The lowest BCUT2D eigenvalue weighted by Gasteiger charge is -2.29. The van der Waals surface area contributed by atoms with Crippen LogP contribution in [0.3, 0.4) is 0 Å². The number of anilines is 7. The molecule has 0 fully saturated rings. The highest BCUT2D eigenvalue weighted by Crippen LogP contribution is 2.51. The Balaban J connectivity index is 0.976. The van der Waals surface area contributed by atoms with Crippen molar-refractivity contribution in [3.8, 4) is 33.4 Å². The Labute approximate surface area is 403 Å². The summed E-state index contributed by atoms with van der Waals surface area (Å²) in [4.78, 5) is 2.36. The zero-order valence-electron chi connectivity index (χ0n) is 38.3. The zero-order valence-corrected chi connectivity index (χ0v) is 39.3. The van der Waals surface area contributed by atoms with E-state index in [1.807, 2.05) is 95.7 Å². The number of benzene rings is 10. The summed E-state index contributed by atoms with van der Waals surface area (Å²) in [6, 6.07) is 84.4. The van der Waals surface area contributed by atoms with Crippen molar-refractivity contribution >= 4 is 75.0 Å². The standard InChI is InChI=1S/C63H48N3O2P/c1-63(2)55-25-14-12-23-52(55)53-39-38-50(42-56(53)63)65(47-34-29-44(30-35-47)43-17-6-3-7-18-43)48-36-31-45(32-37-48)46-33-40-59(66(49-19-8-4-9-20-49)69(67)51-21-10-5-11-22-51)58(41-46)64-57-26-16-28-61-62(57)54-24-13-15-27-60(54)68-61/h3-42,64,69H,1-2H3. The summed E-state index contributed by atoms with van der Waals surface area (Å²) in [5.41, 5.74) is 17.7. The summed E-state index contributed by atoms with van der Waals surface area (Å²) < 4.78 is 23.2. The average Bonchev–Trinajstić information content (AvgIpc) is 3.90. The molecule has 1 aliphatic rings. The van der Waals surface area contributed by atoms with Gasteiger partial charge in [-0.2, -0.15) is 0 Å². The van der Waals surface area contributed by atoms with E-state index in [1.165, 1.54) is 33.4 Å². The lowest BCUT2D eigenvalue weighted by atomic mass is 9.82. The minimum atomic E-state index is -2.56. The molecular weight excluding hydrogens is 862 g/mol. The van der Waals surface area contributed by atoms with Crippen molar-refractivity contribution in [1.82, 2.24) is 0 Å². The van der Waals surface area contributed by atoms with Crippen LogP contribution in [-0.2, 0) is 9.98 Å². The fourth-order valence-corrected chi connectivity index (χ4v) is 11.7. The van der Waals surface area contributed by atoms with Crippen LogP contribution in [0.15, 0.2) is 247 Å². The first kappa shape index (κ1) is 42.0. The highest BCUT2D eigenvalue weighted by molar-refractivity contribution is 7.55. The van der Waals surface area contributed by atoms with Crippen LogP contribution in [0.25, 0.3) is 55.3 Å². The van der Waals surface area contributed by atoms with Gasteiger partial charge < -0.3 is 14.6 Å². The van der Waals surface area contributed by atoms with Crippen LogP contribution < -0.4 is 20.2 Å². The largest absolute Gasteiger partial charge is 0.456 e. The van der Waals surface area contributed by atoms with Gasteiger partial charge in [-0.25, -0.2) is 0 Å². The monoisotopic (exact) mass is 909 g/mol. The van der Waals surface area contributed by atoms with Gasteiger partial charge in [-0.3, -0.25) is 9.24 Å². The SMILES string of the molecule is CC1(C)c2ccccc2-c2ccc(N(c3ccc(-c4ccccc4)cc3)c3ccc(-c4ccc(N(c5ccccc5)[PH](=O)c5ccccc5)c(Nc5cccc6oc7ccccc7c56)c4)cc3)cc21. The first-order valence-electron chi connectivity index (χ1n) is 23.5. The summed E-state index contributed by atoms with van der Waals surface area (Å²) in [6.45, 7) is 4.67. The topological polar surface area (TPSA) is 48.7 Å². The van der Waals surface area contributed by atoms with Gasteiger partial charge in [0.2, 0.25) is 0 Å². The predicted molar refractivity (Wildman–Crippen MR) is 290 cm³/mol. The van der Waals surface area contributed by atoms with Crippen LogP contribution >= 0.6 is 7.95 Å². The Morgan fingerprint density at radius 1 is 0.435 bits per heavy atom. The van der Waals surface area contributed by atoms with Gasteiger partial charge in [-0.15, -0.1) is 0 Å². The van der Waals surface area contributed by atoms with Gasteiger partial charge in [-0.05, 0) is 136 Å². The molecule has 6 heteroatoms. The van der Waals surface area contributed by atoms with Crippen LogP contribution in [0.2, 0.25) is 0 Å². The molecule has 1 unspecified atom stereocenters. The third-order valence-electron chi connectivity index (χ3n) is 13.7. The van der Waals surface area contributed by atoms with E-state index in [0.29, 0.717) is 0 Å². The van der Waals surface area contributed by atoms with Gasteiger partial charge in [-0.1, -0.05) is 166 Å². The molecule has 1 heterocycles. The van der Waals surface area contributed by atoms with E-state index in [-0.39, 0.29) is 5.41 Å². The molecule has 10 aromatic carbocycles. The molecule has 0 saturated heterocycles. The van der Waals surface area contributed by atoms with Crippen molar-refractivity contribution in [3.05, 3.63) is 254 Å². The summed E-state index contributed by atoms with van der Waals surface area (Å²) >= 11 is 0. The van der Waals surface area contributed by atoms with Crippen molar-refractivity contribution in [2.75, 3.05) is 14.9 Å². The maximum Gasteiger partial charge on any atom is 0.193 e. The Hall–Kier alpha value is -8.37. The molecule has 0 aliphatic heterocycles. The quantitative estimate of drug-likeness (QED) is 0.131. The maximum absolute atomic E-state index is 14.9. The Bertz CT molecular complexity index is 3680. The Morgan fingerprint density at radius 2 is 1.00 bits per heavy atom. The first-order valence-corrected chi connectivity index (χ1v) is 24.8. The van der Waals surface area contributed by atoms with Crippen LogP contribution in [-0.4, -0.2) is 0 Å². The molecule has 0 radical (unpaired) electrons. The Kier molecular flexibility index (Phi) is 10.6. The zero-order chi connectivity index (χ0) is 46.5. The van der Waals surface area contributed by atoms with Gasteiger partial charge in [0.15, 0.2) is 7.95 Å². The van der Waals surface area contributed by atoms with Gasteiger partial charge in [0.25, 0.3) is 0 Å². The number of para-hydroxylation sites is 2. The number of furan rings is 1.